The second-order valence-corrected chi connectivity index (χ2v) is 8.94. The molecule has 0 aromatic heterocycles. The lowest BCUT2D eigenvalue weighted by Gasteiger charge is -2.20. The molecule has 1 heterocycles. The summed E-state index contributed by atoms with van der Waals surface area (Å²) in [7, 11) is 0. The highest BCUT2D eigenvalue weighted by molar-refractivity contribution is 14.1. The van der Waals surface area contributed by atoms with Gasteiger partial charge in [0, 0.05) is 15.7 Å². The third-order valence-corrected chi connectivity index (χ3v) is 6.59. The van der Waals surface area contributed by atoms with Crippen molar-refractivity contribution in [3.63, 3.8) is 0 Å². The van der Waals surface area contributed by atoms with Crippen LogP contribution in [0.5, 0.6) is 0 Å². The van der Waals surface area contributed by atoms with E-state index in [-0.39, 0.29) is 0 Å². The number of anilines is 1. The quantitative estimate of drug-likeness (QED) is 0.147. The molecule has 0 bridgehead atoms. The first kappa shape index (κ1) is 20.3. The number of hydrogen-bond acceptors (Lipinski definition) is 3. The topological polar surface area (TPSA) is 56.2 Å². The van der Waals surface area contributed by atoms with E-state index in [1.165, 1.54) is 0 Å². The Morgan fingerprint density at radius 3 is 2.23 bits per heavy atom. The Bertz CT molecular complexity index is 1460. The molecule has 1 aliphatic heterocycles. The SMILES string of the molecule is Nc1c(I)c2nc3ccccc3n(-c3ccc(Cl)cc3)c-2cc1=Nc1ccc(Cl)cc1. The van der Waals surface area contributed by atoms with Crippen LogP contribution in [0.3, 0.4) is 0 Å². The van der Waals surface area contributed by atoms with Crippen LogP contribution < -0.4 is 11.1 Å². The summed E-state index contributed by atoms with van der Waals surface area (Å²) in [5.41, 5.74) is 12.4. The number of nitrogens with two attached hydrogens (primary N) is 1. The Kier molecular flexibility index (Phi) is 5.33. The van der Waals surface area contributed by atoms with Crippen LogP contribution in [0.4, 0.5) is 11.4 Å². The van der Waals surface area contributed by atoms with Gasteiger partial charge in [0.15, 0.2) is 0 Å². The molecule has 3 aromatic rings. The predicted octanol–water partition coefficient (Wildman–Crippen LogP) is 6.86. The van der Waals surface area contributed by atoms with Gasteiger partial charge in [-0.3, -0.25) is 0 Å². The average Bonchev–Trinajstić information content (AvgIpc) is 2.78. The normalized spacial score (nSPS) is 12.0. The summed E-state index contributed by atoms with van der Waals surface area (Å²) in [6.07, 6.45) is 0. The number of halogens is 3. The van der Waals surface area contributed by atoms with E-state index in [9.17, 15) is 0 Å². The Labute approximate surface area is 202 Å². The minimum atomic E-state index is 0.591. The van der Waals surface area contributed by atoms with E-state index in [1.807, 2.05) is 72.8 Å². The van der Waals surface area contributed by atoms with Crippen LogP contribution in [0.2, 0.25) is 10.0 Å². The highest BCUT2D eigenvalue weighted by atomic mass is 127. The van der Waals surface area contributed by atoms with E-state index in [2.05, 4.69) is 33.2 Å². The molecule has 7 heteroatoms. The molecular weight excluding hydrogens is 542 g/mol. The fourth-order valence-electron chi connectivity index (χ4n) is 3.52. The molecule has 3 aromatic carbocycles. The van der Waals surface area contributed by atoms with Crippen LogP contribution in [0.1, 0.15) is 0 Å². The van der Waals surface area contributed by atoms with Crippen LogP contribution in [-0.2, 0) is 0 Å². The van der Waals surface area contributed by atoms with E-state index < -0.39 is 0 Å². The molecule has 1 aliphatic carbocycles. The number of nitrogen functional groups attached to an aromatic ring is 1. The van der Waals surface area contributed by atoms with Gasteiger partial charge in [0.05, 0.1) is 37.0 Å². The zero-order valence-electron chi connectivity index (χ0n) is 16.1. The van der Waals surface area contributed by atoms with Crippen LogP contribution in [0, 0.1) is 3.57 Å². The van der Waals surface area contributed by atoms with Crippen molar-refractivity contribution in [2.45, 2.75) is 0 Å². The number of nitrogens with zero attached hydrogens (tertiary/aromatic N) is 3. The Morgan fingerprint density at radius 1 is 0.871 bits per heavy atom. The number of aromatic nitrogens is 2. The maximum atomic E-state index is 6.49. The smallest absolute Gasteiger partial charge is 0.103 e. The molecule has 2 aliphatic rings. The van der Waals surface area contributed by atoms with E-state index >= 15 is 0 Å². The lowest BCUT2D eigenvalue weighted by molar-refractivity contribution is 1.07. The van der Waals surface area contributed by atoms with Gasteiger partial charge in [0.2, 0.25) is 0 Å². The fourth-order valence-corrected chi connectivity index (χ4v) is 4.44. The molecular formula is C24H15Cl2IN4. The van der Waals surface area contributed by atoms with Crippen molar-refractivity contribution in [2.24, 2.45) is 4.99 Å². The van der Waals surface area contributed by atoms with Gasteiger partial charge in [-0.2, -0.15) is 0 Å². The number of hydrogen-bond donors (Lipinski definition) is 1. The first-order valence-electron chi connectivity index (χ1n) is 9.47. The predicted molar refractivity (Wildman–Crippen MR) is 137 cm³/mol. The Balaban J connectivity index is 1.89. The van der Waals surface area contributed by atoms with Gasteiger partial charge in [-0.25, -0.2) is 9.98 Å². The van der Waals surface area contributed by atoms with Crippen LogP contribution in [-0.4, -0.2) is 9.55 Å². The van der Waals surface area contributed by atoms with Gasteiger partial charge < -0.3 is 10.3 Å². The average molecular weight is 557 g/mol. The molecule has 2 N–H and O–H groups in total. The molecule has 0 fully saturated rings. The maximum Gasteiger partial charge on any atom is 0.103 e. The molecule has 5 rings (SSSR count). The monoisotopic (exact) mass is 556 g/mol. The van der Waals surface area contributed by atoms with Gasteiger partial charge in [0.25, 0.3) is 0 Å². The highest BCUT2D eigenvalue weighted by Gasteiger charge is 2.19. The second-order valence-electron chi connectivity index (χ2n) is 6.99. The van der Waals surface area contributed by atoms with E-state index in [1.54, 1.807) is 0 Å². The zero-order valence-corrected chi connectivity index (χ0v) is 19.7. The van der Waals surface area contributed by atoms with E-state index in [0.717, 1.165) is 37.4 Å². The molecule has 0 spiro atoms. The van der Waals surface area contributed by atoms with Crippen molar-refractivity contribution >= 4 is 68.2 Å². The van der Waals surface area contributed by atoms with Crippen molar-refractivity contribution in [2.75, 3.05) is 5.73 Å². The molecule has 0 saturated heterocycles. The molecule has 31 heavy (non-hydrogen) atoms. The lowest BCUT2D eigenvalue weighted by atomic mass is 10.1. The minimum absolute atomic E-state index is 0.591. The summed E-state index contributed by atoms with van der Waals surface area (Å²) in [4.78, 5) is 9.68. The molecule has 0 radical (unpaired) electrons. The van der Waals surface area contributed by atoms with E-state index in [4.69, 9.17) is 38.9 Å². The molecule has 152 valence electrons. The van der Waals surface area contributed by atoms with Crippen molar-refractivity contribution in [1.82, 2.24) is 9.55 Å². The van der Waals surface area contributed by atoms with Gasteiger partial charge in [0.1, 0.15) is 5.69 Å². The molecule has 0 saturated carbocycles. The first-order chi connectivity index (χ1) is 15.0. The van der Waals surface area contributed by atoms with Gasteiger partial charge in [-0.05, 0) is 89.3 Å². The van der Waals surface area contributed by atoms with Crippen molar-refractivity contribution in [1.29, 1.82) is 0 Å². The van der Waals surface area contributed by atoms with Gasteiger partial charge in [-0.1, -0.05) is 35.3 Å². The van der Waals surface area contributed by atoms with Crippen molar-refractivity contribution < 1.29 is 0 Å². The maximum absolute atomic E-state index is 6.49. The summed E-state index contributed by atoms with van der Waals surface area (Å²) in [5, 5.41) is 2.03. The second kappa shape index (κ2) is 8.15. The van der Waals surface area contributed by atoms with Crippen LogP contribution in [0.15, 0.2) is 83.9 Å². The highest BCUT2D eigenvalue weighted by Crippen LogP contribution is 2.33. The third-order valence-electron chi connectivity index (χ3n) is 4.99. The van der Waals surface area contributed by atoms with Crippen molar-refractivity contribution in [3.8, 4) is 17.1 Å². The minimum Gasteiger partial charge on any atom is -0.396 e. The number of rotatable bonds is 2. The molecule has 0 atom stereocenters. The summed E-state index contributed by atoms with van der Waals surface area (Å²) >= 11 is 14.4. The van der Waals surface area contributed by atoms with Crippen LogP contribution >= 0.6 is 45.8 Å². The summed E-state index contributed by atoms with van der Waals surface area (Å²) in [5.74, 6) is 0. The van der Waals surface area contributed by atoms with Crippen LogP contribution in [0.25, 0.3) is 28.1 Å². The Hall–Kier alpha value is -2.61. The standard InChI is InChI=1S/C24H15Cl2IN4/c25-14-5-9-16(10-6-14)29-19-13-21-24(22(27)23(19)28)30-18-3-1-2-4-20(18)31(21)17-11-7-15(26)8-12-17/h1-13H,28H2. The molecule has 0 unspecified atom stereocenters. The third kappa shape index (κ3) is 3.78. The number of fused-ring (bicyclic) bond motifs is 2. The summed E-state index contributed by atoms with van der Waals surface area (Å²) in [6, 6.07) is 25.1. The molecule has 0 amide bonds. The van der Waals surface area contributed by atoms with Gasteiger partial charge in [-0.15, -0.1) is 0 Å². The number of para-hydroxylation sites is 2. The fraction of sp³-hybridized carbons (Fsp3) is 0. The largest absolute Gasteiger partial charge is 0.396 e. The first-order valence-corrected chi connectivity index (χ1v) is 11.3. The lowest BCUT2D eigenvalue weighted by Crippen LogP contribution is -2.17. The van der Waals surface area contributed by atoms with Gasteiger partial charge >= 0.3 is 0 Å². The zero-order chi connectivity index (χ0) is 21.5. The number of benzene rings is 4. The van der Waals surface area contributed by atoms with E-state index in [0.29, 0.717) is 21.1 Å². The Morgan fingerprint density at radius 2 is 1.52 bits per heavy atom. The molecule has 4 nitrogen and oxygen atoms in total. The van der Waals surface area contributed by atoms with Crippen molar-refractivity contribution in [3.05, 3.63) is 97.8 Å². The summed E-state index contributed by atoms with van der Waals surface area (Å²) < 4.78 is 3.02. The summed E-state index contributed by atoms with van der Waals surface area (Å²) in [6.45, 7) is 0.